The smallest absolute Gasteiger partial charge is 0.410 e. The lowest BCUT2D eigenvalue weighted by Crippen LogP contribution is -2.49. The molecule has 1 aliphatic carbocycles. The standard InChI is InChI=1S/C36H51N5O5S/c1-47(44,45)37-23-30-25-38(24-28-13-6-3-2-4-7-14-28)22-20-32(30)41-34-19-11-10-18-33(34)40(35(41)42)26-31-17-12-21-39(31)36(43)46-27-29-15-8-5-9-16-29/h5,8-11,15-16,18-19,28,30-32,37H,2-4,6-7,12-14,17,20-27H2,1H3/t30-,31+,32-/m1/s1. The molecule has 3 fully saturated rings. The number of benzene rings is 2. The third kappa shape index (κ3) is 8.48. The molecule has 256 valence electrons. The van der Waals surface area contributed by atoms with Crippen LogP contribution >= 0.6 is 0 Å². The van der Waals surface area contributed by atoms with Crippen LogP contribution in [0.5, 0.6) is 0 Å². The summed E-state index contributed by atoms with van der Waals surface area (Å²) in [5.41, 5.74) is 2.54. The number of nitrogens with one attached hydrogen (secondary N) is 1. The van der Waals surface area contributed by atoms with Crippen LogP contribution in [-0.2, 0) is 27.9 Å². The summed E-state index contributed by atoms with van der Waals surface area (Å²) >= 11 is 0. The molecule has 10 nitrogen and oxygen atoms in total. The highest BCUT2D eigenvalue weighted by atomic mass is 32.2. The predicted octanol–water partition coefficient (Wildman–Crippen LogP) is 5.38. The highest BCUT2D eigenvalue weighted by molar-refractivity contribution is 7.88. The van der Waals surface area contributed by atoms with E-state index in [1.807, 2.05) is 63.7 Å². The maximum atomic E-state index is 14.4. The molecule has 1 N–H and O–H groups in total. The highest BCUT2D eigenvalue weighted by Gasteiger charge is 2.36. The molecule has 1 saturated carbocycles. The van der Waals surface area contributed by atoms with E-state index in [9.17, 15) is 18.0 Å². The van der Waals surface area contributed by atoms with Crippen molar-refractivity contribution >= 4 is 27.1 Å². The zero-order valence-corrected chi connectivity index (χ0v) is 28.6. The number of likely N-dealkylation sites (tertiary alicyclic amines) is 2. The average molecular weight is 666 g/mol. The Morgan fingerprint density at radius 2 is 1.55 bits per heavy atom. The maximum Gasteiger partial charge on any atom is 0.410 e. The van der Waals surface area contributed by atoms with Crippen LogP contribution in [0.2, 0.25) is 0 Å². The van der Waals surface area contributed by atoms with Gasteiger partial charge in [-0.25, -0.2) is 22.7 Å². The second-order valence-corrected chi connectivity index (χ2v) is 15.8. The van der Waals surface area contributed by atoms with Crippen molar-refractivity contribution in [2.24, 2.45) is 11.8 Å². The number of carbonyl (C=O) groups excluding carboxylic acids is 1. The van der Waals surface area contributed by atoms with Crippen molar-refractivity contribution in [1.29, 1.82) is 0 Å². The van der Waals surface area contributed by atoms with Gasteiger partial charge in [0.25, 0.3) is 0 Å². The van der Waals surface area contributed by atoms with Crippen LogP contribution in [0.1, 0.15) is 75.8 Å². The van der Waals surface area contributed by atoms with Crippen molar-refractivity contribution in [1.82, 2.24) is 23.7 Å². The number of hydrogen-bond acceptors (Lipinski definition) is 6. The molecule has 47 heavy (non-hydrogen) atoms. The first kappa shape index (κ1) is 33.7. The summed E-state index contributed by atoms with van der Waals surface area (Å²) in [6, 6.07) is 17.2. The van der Waals surface area contributed by atoms with E-state index < -0.39 is 10.0 Å². The molecule has 3 aromatic rings. The number of amides is 1. The van der Waals surface area contributed by atoms with Gasteiger partial charge in [-0.2, -0.15) is 0 Å². The fourth-order valence-corrected chi connectivity index (χ4v) is 8.67. The number of rotatable bonds is 10. The van der Waals surface area contributed by atoms with Gasteiger partial charge < -0.3 is 14.5 Å². The van der Waals surface area contributed by atoms with E-state index in [0.717, 1.165) is 55.5 Å². The topological polar surface area (TPSA) is 106 Å². The minimum absolute atomic E-state index is 0.0556. The molecule has 3 heterocycles. The third-order valence-corrected chi connectivity index (χ3v) is 11.2. The fourth-order valence-electron chi connectivity index (χ4n) is 8.16. The Hall–Kier alpha value is -3.15. The van der Waals surface area contributed by atoms with Crippen LogP contribution in [0.25, 0.3) is 11.0 Å². The molecule has 3 atom stereocenters. The molecule has 2 aliphatic heterocycles. The molecular weight excluding hydrogens is 614 g/mol. The first-order valence-corrected chi connectivity index (χ1v) is 19.5. The van der Waals surface area contributed by atoms with Crippen molar-refractivity contribution in [3.05, 3.63) is 70.6 Å². The van der Waals surface area contributed by atoms with E-state index in [1.165, 1.54) is 51.2 Å². The van der Waals surface area contributed by atoms with Crippen LogP contribution in [0.4, 0.5) is 4.79 Å². The number of sulfonamides is 1. The largest absolute Gasteiger partial charge is 0.445 e. The highest BCUT2D eigenvalue weighted by Crippen LogP contribution is 2.33. The van der Waals surface area contributed by atoms with Gasteiger partial charge in [-0.15, -0.1) is 0 Å². The van der Waals surface area contributed by atoms with Crippen LogP contribution in [-0.4, -0.2) is 78.5 Å². The number of carbonyl (C=O) groups is 1. The Labute approximate surface area is 279 Å². The normalized spacial score (nSPS) is 23.5. The van der Waals surface area contributed by atoms with E-state index in [0.29, 0.717) is 25.6 Å². The zero-order chi connectivity index (χ0) is 32.8. The van der Waals surface area contributed by atoms with Gasteiger partial charge in [-0.1, -0.05) is 74.6 Å². The molecule has 0 spiro atoms. The Balaban J connectivity index is 1.22. The van der Waals surface area contributed by atoms with Gasteiger partial charge in [0.2, 0.25) is 10.0 Å². The lowest BCUT2D eigenvalue weighted by molar-refractivity contribution is 0.0891. The lowest BCUT2D eigenvalue weighted by Gasteiger charge is -2.40. The van der Waals surface area contributed by atoms with E-state index in [2.05, 4.69) is 9.62 Å². The van der Waals surface area contributed by atoms with Crippen molar-refractivity contribution in [2.45, 2.75) is 89.4 Å². The summed E-state index contributed by atoms with van der Waals surface area (Å²) in [7, 11) is -3.39. The lowest BCUT2D eigenvalue weighted by atomic mass is 9.88. The number of aromatic nitrogens is 2. The molecule has 2 aromatic carbocycles. The average Bonchev–Trinajstić information content (AvgIpc) is 3.63. The van der Waals surface area contributed by atoms with Gasteiger partial charge in [0.15, 0.2) is 0 Å². The molecule has 0 radical (unpaired) electrons. The fraction of sp³-hybridized carbons (Fsp3) is 0.611. The molecule has 3 aliphatic rings. The summed E-state index contributed by atoms with van der Waals surface area (Å²) in [5, 5.41) is 0. The van der Waals surface area contributed by atoms with E-state index in [-0.39, 0.29) is 36.4 Å². The van der Waals surface area contributed by atoms with Gasteiger partial charge >= 0.3 is 11.8 Å². The predicted molar refractivity (Wildman–Crippen MR) is 185 cm³/mol. The summed E-state index contributed by atoms with van der Waals surface area (Å²) in [4.78, 5) is 31.9. The SMILES string of the molecule is CS(=O)(=O)NC[C@@H]1CN(CC2CCCCCCC2)CC[C@H]1n1c(=O)n(C[C@@H]2CCCN2C(=O)OCc2ccccc2)c2ccccc21. The van der Waals surface area contributed by atoms with E-state index in [4.69, 9.17) is 4.74 Å². The van der Waals surface area contributed by atoms with Crippen molar-refractivity contribution in [2.75, 3.05) is 39.0 Å². The molecule has 6 rings (SSSR count). The molecule has 2 saturated heterocycles. The summed E-state index contributed by atoms with van der Waals surface area (Å²) in [5.74, 6) is 0.619. The first-order chi connectivity index (χ1) is 22.8. The monoisotopic (exact) mass is 665 g/mol. The number of ether oxygens (including phenoxy) is 1. The number of fused-ring (bicyclic) bond motifs is 1. The Kier molecular flexibility index (Phi) is 11.0. The van der Waals surface area contributed by atoms with Crippen LogP contribution < -0.4 is 10.4 Å². The van der Waals surface area contributed by atoms with Gasteiger partial charge in [-0.05, 0) is 55.7 Å². The molecule has 1 amide bonds. The second-order valence-electron chi connectivity index (χ2n) is 14.0. The minimum atomic E-state index is -3.39. The molecular formula is C36H51N5O5S. The zero-order valence-electron chi connectivity index (χ0n) is 27.8. The Morgan fingerprint density at radius 3 is 2.30 bits per heavy atom. The van der Waals surface area contributed by atoms with Gasteiger partial charge in [0.1, 0.15) is 6.61 Å². The van der Waals surface area contributed by atoms with Gasteiger partial charge in [-0.3, -0.25) is 9.13 Å². The second kappa shape index (κ2) is 15.4. The van der Waals surface area contributed by atoms with Crippen LogP contribution in [0, 0.1) is 11.8 Å². The molecule has 11 heteroatoms. The summed E-state index contributed by atoms with van der Waals surface area (Å²) < 4.78 is 36.7. The summed E-state index contributed by atoms with van der Waals surface area (Å²) in [6.07, 6.45) is 12.4. The summed E-state index contributed by atoms with van der Waals surface area (Å²) in [6.45, 7) is 4.16. The van der Waals surface area contributed by atoms with Gasteiger partial charge in [0, 0.05) is 51.2 Å². The van der Waals surface area contributed by atoms with E-state index >= 15 is 0 Å². The number of imidazole rings is 1. The van der Waals surface area contributed by atoms with Crippen molar-refractivity contribution in [3.8, 4) is 0 Å². The number of hydrogen-bond donors (Lipinski definition) is 1. The number of piperidine rings is 1. The minimum Gasteiger partial charge on any atom is -0.445 e. The Morgan fingerprint density at radius 1 is 0.851 bits per heavy atom. The quantitative estimate of drug-likeness (QED) is 0.312. The van der Waals surface area contributed by atoms with E-state index in [1.54, 1.807) is 4.90 Å². The maximum absolute atomic E-state index is 14.4. The van der Waals surface area contributed by atoms with Crippen LogP contribution in [0.15, 0.2) is 59.4 Å². The van der Waals surface area contributed by atoms with Crippen molar-refractivity contribution < 1.29 is 17.9 Å². The van der Waals surface area contributed by atoms with Crippen molar-refractivity contribution in [3.63, 3.8) is 0 Å². The first-order valence-electron chi connectivity index (χ1n) is 17.6. The Bertz CT molecular complexity index is 1650. The van der Waals surface area contributed by atoms with Crippen LogP contribution in [0.3, 0.4) is 0 Å². The molecule has 0 unspecified atom stereocenters. The third-order valence-electron chi connectivity index (χ3n) is 10.5. The number of para-hydroxylation sites is 2. The van der Waals surface area contributed by atoms with Gasteiger partial charge in [0.05, 0.1) is 23.3 Å². The number of nitrogens with zero attached hydrogens (tertiary/aromatic N) is 4. The molecule has 0 bridgehead atoms. The molecule has 1 aromatic heterocycles.